The third-order valence-electron chi connectivity index (χ3n) is 4.34. The first kappa shape index (κ1) is 7.39. The van der Waals surface area contributed by atoms with E-state index in [-0.39, 0.29) is 0 Å². The Kier molecular flexibility index (Phi) is 1.42. The van der Waals surface area contributed by atoms with Gasteiger partial charge in [0.1, 0.15) is 0 Å². The SMILES string of the molecule is CC1=C(C)C2CC1C(C)C2C. The fourth-order valence-corrected chi connectivity index (χ4v) is 3.16. The summed E-state index contributed by atoms with van der Waals surface area (Å²) in [7, 11) is 0. The highest BCUT2D eigenvalue weighted by Crippen LogP contribution is 2.54. The number of hydrogen-bond donors (Lipinski definition) is 0. The van der Waals surface area contributed by atoms with E-state index in [4.69, 9.17) is 0 Å². The van der Waals surface area contributed by atoms with Gasteiger partial charge in [-0.15, -0.1) is 0 Å². The molecule has 0 aromatic rings. The van der Waals surface area contributed by atoms with Crippen molar-refractivity contribution in [2.75, 3.05) is 0 Å². The molecular formula is C11H18. The molecule has 2 aliphatic rings. The van der Waals surface area contributed by atoms with Crippen LogP contribution in [0.4, 0.5) is 0 Å². The molecule has 1 saturated carbocycles. The van der Waals surface area contributed by atoms with Crippen molar-refractivity contribution in [3.05, 3.63) is 11.1 Å². The summed E-state index contributed by atoms with van der Waals surface area (Å²) >= 11 is 0. The Bertz CT molecular complexity index is 190. The first-order valence-corrected chi connectivity index (χ1v) is 4.80. The first-order chi connectivity index (χ1) is 5.13. The third-order valence-corrected chi connectivity index (χ3v) is 4.34. The summed E-state index contributed by atoms with van der Waals surface area (Å²) in [5, 5.41) is 0. The smallest absolute Gasteiger partial charge is 0.0169 e. The van der Waals surface area contributed by atoms with Crippen molar-refractivity contribution < 1.29 is 0 Å². The average molecular weight is 150 g/mol. The quantitative estimate of drug-likeness (QED) is 0.465. The molecule has 0 heteroatoms. The zero-order valence-electron chi connectivity index (χ0n) is 8.02. The van der Waals surface area contributed by atoms with Crippen LogP contribution in [0.5, 0.6) is 0 Å². The Labute approximate surface area is 69.7 Å². The van der Waals surface area contributed by atoms with E-state index >= 15 is 0 Å². The number of fused-ring (bicyclic) bond motifs is 2. The first-order valence-electron chi connectivity index (χ1n) is 4.80. The summed E-state index contributed by atoms with van der Waals surface area (Å²) in [5.74, 6) is 3.78. The van der Waals surface area contributed by atoms with Crippen LogP contribution < -0.4 is 0 Å². The lowest BCUT2D eigenvalue weighted by Gasteiger charge is -2.26. The topological polar surface area (TPSA) is 0 Å². The predicted molar refractivity (Wildman–Crippen MR) is 48.3 cm³/mol. The fourth-order valence-electron chi connectivity index (χ4n) is 3.16. The van der Waals surface area contributed by atoms with Gasteiger partial charge in [0.15, 0.2) is 0 Å². The van der Waals surface area contributed by atoms with Crippen LogP contribution in [-0.2, 0) is 0 Å². The zero-order valence-corrected chi connectivity index (χ0v) is 8.02. The van der Waals surface area contributed by atoms with Crippen LogP contribution in [0.2, 0.25) is 0 Å². The molecule has 0 aromatic carbocycles. The van der Waals surface area contributed by atoms with Gasteiger partial charge >= 0.3 is 0 Å². The molecule has 0 amide bonds. The average Bonchev–Trinajstić information content (AvgIpc) is 2.40. The van der Waals surface area contributed by atoms with Crippen LogP contribution in [0.25, 0.3) is 0 Å². The molecule has 1 fully saturated rings. The van der Waals surface area contributed by atoms with Crippen molar-refractivity contribution >= 4 is 0 Å². The Morgan fingerprint density at radius 3 is 1.55 bits per heavy atom. The molecule has 11 heavy (non-hydrogen) atoms. The number of allylic oxidation sites excluding steroid dienone is 2. The van der Waals surface area contributed by atoms with E-state index in [0.717, 1.165) is 23.7 Å². The second kappa shape index (κ2) is 2.12. The molecule has 0 aliphatic heterocycles. The lowest BCUT2D eigenvalue weighted by Crippen LogP contribution is -2.18. The molecule has 4 unspecified atom stereocenters. The molecule has 0 saturated heterocycles. The van der Waals surface area contributed by atoms with Crippen LogP contribution in [0, 0.1) is 23.7 Å². The van der Waals surface area contributed by atoms with Gasteiger partial charge in [0, 0.05) is 0 Å². The van der Waals surface area contributed by atoms with E-state index < -0.39 is 0 Å². The van der Waals surface area contributed by atoms with Crippen LogP contribution in [0.1, 0.15) is 34.1 Å². The maximum atomic E-state index is 2.42. The predicted octanol–water partition coefficient (Wildman–Crippen LogP) is 3.24. The molecular weight excluding hydrogens is 132 g/mol. The van der Waals surface area contributed by atoms with Gasteiger partial charge in [0.05, 0.1) is 0 Å². The minimum atomic E-state index is 0.940. The molecule has 0 N–H and O–H groups in total. The Morgan fingerprint density at radius 2 is 1.27 bits per heavy atom. The highest BCUT2D eigenvalue weighted by molar-refractivity contribution is 5.28. The van der Waals surface area contributed by atoms with Crippen molar-refractivity contribution in [2.45, 2.75) is 34.1 Å². The minimum absolute atomic E-state index is 0.940. The van der Waals surface area contributed by atoms with E-state index in [2.05, 4.69) is 27.7 Å². The van der Waals surface area contributed by atoms with Crippen LogP contribution >= 0.6 is 0 Å². The lowest BCUT2D eigenvalue weighted by atomic mass is 9.79. The van der Waals surface area contributed by atoms with E-state index in [1.54, 1.807) is 11.1 Å². The summed E-state index contributed by atoms with van der Waals surface area (Å²) in [5.41, 5.74) is 3.42. The van der Waals surface area contributed by atoms with Crippen LogP contribution in [0.15, 0.2) is 11.1 Å². The maximum Gasteiger partial charge on any atom is -0.0169 e. The molecule has 2 aliphatic carbocycles. The van der Waals surface area contributed by atoms with E-state index in [9.17, 15) is 0 Å². The Hall–Kier alpha value is -0.260. The van der Waals surface area contributed by atoms with Gasteiger partial charge in [-0.3, -0.25) is 0 Å². The van der Waals surface area contributed by atoms with Crippen molar-refractivity contribution in [3.8, 4) is 0 Å². The molecule has 62 valence electrons. The van der Waals surface area contributed by atoms with Crippen LogP contribution in [-0.4, -0.2) is 0 Å². The Balaban J connectivity index is 2.37. The maximum absolute atomic E-state index is 2.42. The van der Waals surface area contributed by atoms with E-state index in [1.165, 1.54) is 6.42 Å². The largest absolute Gasteiger partial charge is 0.0707 e. The summed E-state index contributed by atoms with van der Waals surface area (Å²) < 4.78 is 0. The number of hydrogen-bond acceptors (Lipinski definition) is 0. The van der Waals surface area contributed by atoms with Gasteiger partial charge in [0.25, 0.3) is 0 Å². The van der Waals surface area contributed by atoms with Gasteiger partial charge in [-0.2, -0.15) is 0 Å². The lowest BCUT2D eigenvalue weighted by molar-refractivity contribution is 0.343. The van der Waals surface area contributed by atoms with Crippen molar-refractivity contribution in [1.82, 2.24) is 0 Å². The summed E-state index contributed by atoms with van der Waals surface area (Å²) in [6.45, 7) is 9.52. The highest BCUT2D eigenvalue weighted by Gasteiger charge is 2.44. The molecule has 2 bridgehead atoms. The normalized spacial score (nSPS) is 49.1. The molecule has 0 heterocycles. The fraction of sp³-hybridized carbons (Fsp3) is 0.818. The van der Waals surface area contributed by atoms with Crippen molar-refractivity contribution in [1.29, 1.82) is 0 Å². The van der Waals surface area contributed by atoms with Gasteiger partial charge in [-0.25, -0.2) is 0 Å². The van der Waals surface area contributed by atoms with Gasteiger partial charge in [-0.1, -0.05) is 25.0 Å². The van der Waals surface area contributed by atoms with Gasteiger partial charge < -0.3 is 0 Å². The number of rotatable bonds is 0. The molecule has 4 atom stereocenters. The third kappa shape index (κ3) is 0.758. The van der Waals surface area contributed by atoms with Crippen molar-refractivity contribution in [2.24, 2.45) is 23.7 Å². The second-order valence-electron chi connectivity index (χ2n) is 4.53. The monoisotopic (exact) mass is 150 g/mol. The van der Waals surface area contributed by atoms with Gasteiger partial charge in [0.2, 0.25) is 0 Å². The van der Waals surface area contributed by atoms with E-state index in [1.807, 2.05) is 0 Å². The van der Waals surface area contributed by atoms with E-state index in [0.29, 0.717) is 0 Å². The highest BCUT2D eigenvalue weighted by atomic mass is 14.5. The summed E-state index contributed by atoms with van der Waals surface area (Å²) in [6.07, 6.45) is 1.46. The van der Waals surface area contributed by atoms with Crippen molar-refractivity contribution in [3.63, 3.8) is 0 Å². The standard InChI is InChI=1S/C11H18/c1-6-7(2)11-5-10(6)8(3)9(11)4/h6-7,10-11H,5H2,1-4H3. The van der Waals surface area contributed by atoms with Gasteiger partial charge in [-0.05, 0) is 43.9 Å². The molecule has 0 radical (unpaired) electrons. The molecule has 0 aromatic heterocycles. The second-order valence-corrected chi connectivity index (χ2v) is 4.53. The molecule has 0 spiro atoms. The zero-order chi connectivity index (χ0) is 8.17. The minimum Gasteiger partial charge on any atom is -0.0707 e. The summed E-state index contributed by atoms with van der Waals surface area (Å²) in [6, 6.07) is 0. The molecule has 0 nitrogen and oxygen atoms in total. The Morgan fingerprint density at radius 1 is 0.909 bits per heavy atom. The molecule has 2 rings (SSSR count). The van der Waals surface area contributed by atoms with Crippen LogP contribution in [0.3, 0.4) is 0 Å². The summed E-state index contributed by atoms with van der Waals surface area (Å²) in [4.78, 5) is 0.